The van der Waals surface area contributed by atoms with Gasteiger partial charge < -0.3 is 0 Å². The van der Waals surface area contributed by atoms with Gasteiger partial charge in [0.15, 0.2) is 0 Å². The number of alkyl halides is 1. The minimum Gasteiger partial charge on any atom is -0.207 e. The first-order valence-electron chi connectivity index (χ1n) is 7.13. The molecule has 0 aliphatic carbocycles. The summed E-state index contributed by atoms with van der Waals surface area (Å²) >= 11 is 3.68. The predicted molar refractivity (Wildman–Crippen MR) is 80.7 cm³/mol. The number of rotatable bonds is 9. The number of unbranched alkanes of at least 4 members (excludes halogenated alkanes) is 6. The van der Waals surface area contributed by atoms with Gasteiger partial charge in [-0.1, -0.05) is 79.9 Å². The van der Waals surface area contributed by atoms with E-state index in [1.807, 2.05) is 12.1 Å². The molecule has 18 heavy (non-hydrogen) atoms. The zero-order valence-corrected chi connectivity index (χ0v) is 12.9. The summed E-state index contributed by atoms with van der Waals surface area (Å²) in [6.45, 7) is 2.25. The number of halogens is 2. The molecule has 1 unspecified atom stereocenters. The molecule has 0 bridgehead atoms. The van der Waals surface area contributed by atoms with Crippen molar-refractivity contribution in [3.63, 3.8) is 0 Å². The monoisotopic (exact) mass is 314 g/mol. The van der Waals surface area contributed by atoms with Crippen LogP contribution < -0.4 is 0 Å². The van der Waals surface area contributed by atoms with Gasteiger partial charge in [-0.2, -0.15) is 0 Å². The lowest BCUT2D eigenvalue weighted by molar-refractivity contribution is 0.574. The van der Waals surface area contributed by atoms with Crippen molar-refractivity contribution in [2.24, 2.45) is 0 Å². The van der Waals surface area contributed by atoms with Crippen molar-refractivity contribution in [3.8, 4) is 0 Å². The summed E-state index contributed by atoms with van der Waals surface area (Å²) < 4.78 is 12.8. The maximum Gasteiger partial charge on any atom is 0.123 e. The summed E-state index contributed by atoms with van der Waals surface area (Å²) in [6.07, 6.45) is 10.5. The molecule has 1 rings (SSSR count). The molecule has 0 heterocycles. The Kier molecular flexibility index (Phi) is 8.32. The van der Waals surface area contributed by atoms with Gasteiger partial charge in [-0.25, -0.2) is 4.39 Å². The van der Waals surface area contributed by atoms with Crippen LogP contribution in [-0.4, -0.2) is 0 Å². The second-order valence-electron chi connectivity index (χ2n) is 4.93. The summed E-state index contributed by atoms with van der Waals surface area (Å²) in [6, 6.07) is 6.81. The molecule has 0 spiro atoms. The normalized spacial score (nSPS) is 12.6. The zero-order chi connectivity index (χ0) is 13.2. The fourth-order valence-corrected chi connectivity index (χ4v) is 2.75. The molecular formula is C16H24BrF. The van der Waals surface area contributed by atoms with E-state index >= 15 is 0 Å². The van der Waals surface area contributed by atoms with Gasteiger partial charge in [-0.15, -0.1) is 0 Å². The van der Waals surface area contributed by atoms with Crippen LogP contribution in [0.15, 0.2) is 24.3 Å². The highest BCUT2D eigenvalue weighted by molar-refractivity contribution is 9.09. The van der Waals surface area contributed by atoms with Crippen LogP contribution in [0.1, 0.15) is 68.7 Å². The van der Waals surface area contributed by atoms with E-state index < -0.39 is 0 Å². The van der Waals surface area contributed by atoms with Crippen molar-refractivity contribution in [2.75, 3.05) is 0 Å². The first kappa shape index (κ1) is 15.7. The molecule has 2 heteroatoms. The van der Waals surface area contributed by atoms with Crippen LogP contribution in [0, 0.1) is 5.82 Å². The van der Waals surface area contributed by atoms with E-state index in [4.69, 9.17) is 0 Å². The molecule has 0 nitrogen and oxygen atoms in total. The van der Waals surface area contributed by atoms with Crippen molar-refractivity contribution in [3.05, 3.63) is 35.6 Å². The van der Waals surface area contributed by atoms with E-state index in [2.05, 4.69) is 22.9 Å². The van der Waals surface area contributed by atoms with E-state index in [0.717, 1.165) is 6.42 Å². The van der Waals surface area contributed by atoms with E-state index in [-0.39, 0.29) is 5.82 Å². The van der Waals surface area contributed by atoms with Crippen molar-refractivity contribution in [1.29, 1.82) is 0 Å². The van der Waals surface area contributed by atoms with E-state index in [0.29, 0.717) is 4.83 Å². The molecule has 0 saturated carbocycles. The van der Waals surface area contributed by atoms with Gasteiger partial charge >= 0.3 is 0 Å². The quantitative estimate of drug-likeness (QED) is 0.365. The fraction of sp³-hybridized carbons (Fsp3) is 0.625. The van der Waals surface area contributed by atoms with Crippen LogP contribution >= 0.6 is 15.9 Å². The number of hydrogen-bond donors (Lipinski definition) is 0. The molecule has 0 amide bonds. The van der Waals surface area contributed by atoms with Gasteiger partial charge in [0, 0.05) is 4.83 Å². The van der Waals surface area contributed by atoms with Crippen LogP contribution in [0.2, 0.25) is 0 Å². The van der Waals surface area contributed by atoms with E-state index in [9.17, 15) is 4.39 Å². The Balaban J connectivity index is 2.10. The third-order valence-electron chi connectivity index (χ3n) is 3.29. The summed E-state index contributed by atoms with van der Waals surface area (Å²) in [5.74, 6) is -0.158. The largest absolute Gasteiger partial charge is 0.207 e. The lowest BCUT2D eigenvalue weighted by Crippen LogP contribution is -1.91. The van der Waals surface area contributed by atoms with Gasteiger partial charge in [-0.3, -0.25) is 0 Å². The summed E-state index contributed by atoms with van der Waals surface area (Å²) in [7, 11) is 0. The summed E-state index contributed by atoms with van der Waals surface area (Å²) in [4.78, 5) is 0.369. The van der Waals surface area contributed by atoms with Gasteiger partial charge in [0.25, 0.3) is 0 Å². The number of hydrogen-bond acceptors (Lipinski definition) is 0. The van der Waals surface area contributed by atoms with Crippen molar-refractivity contribution in [2.45, 2.75) is 63.1 Å². The molecule has 0 saturated heterocycles. The van der Waals surface area contributed by atoms with Crippen molar-refractivity contribution < 1.29 is 4.39 Å². The third kappa shape index (κ3) is 6.53. The highest BCUT2D eigenvalue weighted by atomic mass is 79.9. The standard InChI is InChI=1S/C16H24BrF/c1-2-3-4-5-6-7-8-9-16(17)14-10-12-15(18)13-11-14/h10-13,16H,2-9H2,1H3. The fourth-order valence-electron chi connectivity index (χ4n) is 2.12. The van der Waals surface area contributed by atoms with Gasteiger partial charge in [-0.05, 0) is 24.1 Å². The Hall–Kier alpha value is -0.370. The minimum absolute atomic E-state index is 0.158. The Morgan fingerprint density at radius 3 is 2.11 bits per heavy atom. The molecule has 0 N–H and O–H groups in total. The van der Waals surface area contributed by atoms with Crippen LogP contribution in [-0.2, 0) is 0 Å². The maximum absolute atomic E-state index is 12.8. The molecule has 0 aliphatic rings. The summed E-state index contributed by atoms with van der Waals surface area (Å²) in [5, 5.41) is 0. The lowest BCUT2D eigenvalue weighted by atomic mass is 10.0. The molecule has 0 radical (unpaired) electrons. The van der Waals surface area contributed by atoms with Gasteiger partial charge in [0.1, 0.15) is 5.82 Å². The van der Waals surface area contributed by atoms with Crippen LogP contribution in [0.4, 0.5) is 4.39 Å². The maximum atomic E-state index is 12.8. The Morgan fingerprint density at radius 1 is 0.944 bits per heavy atom. The first-order chi connectivity index (χ1) is 8.74. The molecule has 0 fully saturated rings. The lowest BCUT2D eigenvalue weighted by Gasteiger charge is -2.10. The highest BCUT2D eigenvalue weighted by Crippen LogP contribution is 2.28. The van der Waals surface area contributed by atoms with Gasteiger partial charge in [0.2, 0.25) is 0 Å². The van der Waals surface area contributed by atoms with Crippen LogP contribution in [0.3, 0.4) is 0 Å². The second kappa shape index (κ2) is 9.55. The molecule has 1 atom stereocenters. The molecular weight excluding hydrogens is 291 g/mol. The Bertz CT molecular complexity index is 307. The average Bonchev–Trinajstić information content (AvgIpc) is 2.38. The minimum atomic E-state index is -0.158. The van der Waals surface area contributed by atoms with E-state index in [1.54, 1.807) is 0 Å². The van der Waals surface area contributed by atoms with Gasteiger partial charge in [0.05, 0.1) is 0 Å². The van der Waals surface area contributed by atoms with Crippen molar-refractivity contribution >= 4 is 15.9 Å². The van der Waals surface area contributed by atoms with E-state index in [1.165, 1.54) is 62.6 Å². The number of benzene rings is 1. The molecule has 0 aromatic heterocycles. The third-order valence-corrected chi connectivity index (χ3v) is 4.28. The summed E-state index contributed by atoms with van der Waals surface area (Å²) in [5.41, 5.74) is 1.18. The Morgan fingerprint density at radius 2 is 1.50 bits per heavy atom. The van der Waals surface area contributed by atoms with Crippen LogP contribution in [0.25, 0.3) is 0 Å². The predicted octanol–water partition coefficient (Wildman–Crippen LogP) is 6.40. The highest BCUT2D eigenvalue weighted by Gasteiger charge is 2.06. The average molecular weight is 315 g/mol. The smallest absolute Gasteiger partial charge is 0.123 e. The molecule has 1 aromatic rings. The molecule has 0 aliphatic heterocycles. The zero-order valence-electron chi connectivity index (χ0n) is 11.3. The molecule has 102 valence electrons. The topological polar surface area (TPSA) is 0 Å². The van der Waals surface area contributed by atoms with Crippen molar-refractivity contribution in [1.82, 2.24) is 0 Å². The SMILES string of the molecule is CCCCCCCCCC(Br)c1ccc(F)cc1. The Labute approximate surface area is 119 Å². The second-order valence-corrected chi connectivity index (χ2v) is 6.03. The first-order valence-corrected chi connectivity index (χ1v) is 8.05. The van der Waals surface area contributed by atoms with Crippen LogP contribution in [0.5, 0.6) is 0 Å². The molecule has 1 aromatic carbocycles.